The van der Waals surface area contributed by atoms with E-state index in [4.69, 9.17) is 10.5 Å². The van der Waals surface area contributed by atoms with E-state index < -0.39 is 11.9 Å². The third kappa shape index (κ3) is 5.77. The minimum absolute atomic E-state index is 0.0332. The zero-order chi connectivity index (χ0) is 20.8. The van der Waals surface area contributed by atoms with Gasteiger partial charge in [-0.1, -0.05) is 12.1 Å². The van der Waals surface area contributed by atoms with E-state index in [1.165, 1.54) is 24.3 Å². The number of aromatic nitrogens is 1. The van der Waals surface area contributed by atoms with Crippen molar-refractivity contribution >= 4 is 23.4 Å². The fourth-order valence-corrected chi connectivity index (χ4v) is 2.58. The molecule has 0 saturated carbocycles. The van der Waals surface area contributed by atoms with Crippen LogP contribution in [0.5, 0.6) is 11.5 Å². The summed E-state index contributed by atoms with van der Waals surface area (Å²) >= 11 is 0. The molecule has 3 amide bonds. The molecule has 0 aliphatic rings. The number of halogens is 1. The standard InChI is InChI=1S/C21H19FN4O3/c1-13-10-16(6-7-18(13)29-17-8-9-24-19(23)12-17)25-21(28)26-20(27)11-14-2-4-15(22)5-3-14/h2-10,12H,11H2,1H3,(H2,23,24)(H2,25,26,27,28). The average Bonchev–Trinajstić information content (AvgIpc) is 2.66. The maximum absolute atomic E-state index is 12.9. The van der Waals surface area contributed by atoms with Gasteiger partial charge in [-0.25, -0.2) is 14.2 Å². The molecule has 8 heteroatoms. The number of nitrogens with one attached hydrogen (secondary N) is 2. The Labute approximate surface area is 166 Å². The van der Waals surface area contributed by atoms with Gasteiger partial charge in [0.2, 0.25) is 5.91 Å². The fraction of sp³-hybridized carbons (Fsp3) is 0.0952. The summed E-state index contributed by atoms with van der Waals surface area (Å²) in [4.78, 5) is 27.9. The molecular formula is C21H19FN4O3. The molecule has 1 aromatic heterocycles. The molecule has 0 bridgehead atoms. The number of nitrogens with two attached hydrogens (primary N) is 1. The van der Waals surface area contributed by atoms with Crippen LogP contribution >= 0.6 is 0 Å². The molecule has 3 rings (SSSR count). The second-order valence-electron chi connectivity index (χ2n) is 6.30. The highest BCUT2D eigenvalue weighted by Crippen LogP contribution is 2.27. The van der Waals surface area contributed by atoms with Crippen molar-refractivity contribution in [2.24, 2.45) is 0 Å². The Balaban J connectivity index is 1.56. The average molecular weight is 394 g/mol. The molecule has 148 valence electrons. The molecule has 3 aromatic rings. The van der Waals surface area contributed by atoms with Gasteiger partial charge in [-0.3, -0.25) is 10.1 Å². The van der Waals surface area contributed by atoms with Crippen molar-refractivity contribution in [2.75, 3.05) is 11.1 Å². The minimum atomic E-state index is -0.660. The van der Waals surface area contributed by atoms with Gasteiger partial charge in [0.1, 0.15) is 23.1 Å². The van der Waals surface area contributed by atoms with Crippen LogP contribution in [-0.2, 0) is 11.2 Å². The summed E-state index contributed by atoms with van der Waals surface area (Å²) in [6, 6.07) is 13.2. The van der Waals surface area contributed by atoms with Gasteiger partial charge in [-0.05, 0) is 54.4 Å². The zero-order valence-corrected chi connectivity index (χ0v) is 15.6. The van der Waals surface area contributed by atoms with Crippen molar-refractivity contribution in [1.29, 1.82) is 0 Å². The summed E-state index contributed by atoms with van der Waals surface area (Å²) in [5, 5.41) is 4.83. The Morgan fingerprint density at radius 2 is 1.86 bits per heavy atom. The van der Waals surface area contributed by atoms with E-state index in [2.05, 4.69) is 15.6 Å². The van der Waals surface area contributed by atoms with Gasteiger partial charge in [0, 0.05) is 18.0 Å². The molecule has 0 unspecified atom stereocenters. The molecule has 7 nitrogen and oxygen atoms in total. The number of carbonyl (C=O) groups excluding carboxylic acids is 2. The number of amides is 3. The smallest absolute Gasteiger partial charge is 0.325 e. The number of hydrogen-bond acceptors (Lipinski definition) is 5. The molecule has 0 atom stereocenters. The predicted octanol–water partition coefficient (Wildman–Crippen LogP) is 3.79. The first kappa shape index (κ1) is 19.8. The van der Waals surface area contributed by atoms with E-state index in [0.29, 0.717) is 28.6 Å². The highest BCUT2D eigenvalue weighted by Gasteiger charge is 2.10. The highest BCUT2D eigenvalue weighted by atomic mass is 19.1. The van der Waals surface area contributed by atoms with Crippen LogP contribution in [0.15, 0.2) is 60.8 Å². The Kier molecular flexibility index (Phi) is 6.03. The second kappa shape index (κ2) is 8.83. The molecular weight excluding hydrogens is 375 g/mol. The molecule has 0 radical (unpaired) electrons. The lowest BCUT2D eigenvalue weighted by molar-refractivity contribution is -0.119. The van der Waals surface area contributed by atoms with Crippen LogP contribution in [0.3, 0.4) is 0 Å². The van der Waals surface area contributed by atoms with Gasteiger partial charge in [0.05, 0.1) is 6.42 Å². The third-order valence-corrected chi connectivity index (χ3v) is 3.94. The molecule has 4 N–H and O–H groups in total. The van der Waals surface area contributed by atoms with E-state index in [9.17, 15) is 14.0 Å². The minimum Gasteiger partial charge on any atom is -0.457 e. The van der Waals surface area contributed by atoms with Crippen LogP contribution in [0.4, 0.5) is 20.7 Å². The normalized spacial score (nSPS) is 10.3. The SMILES string of the molecule is Cc1cc(NC(=O)NC(=O)Cc2ccc(F)cc2)ccc1Oc1ccnc(N)c1. The van der Waals surface area contributed by atoms with Crippen LogP contribution in [0, 0.1) is 12.7 Å². The summed E-state index contributed by atoms with van der Waals surface area (Å²) in [7, 11) is 0. The maximum atomic E-state index is 12.9. The topological polar surface area (TPSA) is 106 Å². The number of urea groups is 1. The Morgan fingerprint density at radius 1 is 1.10 bits per heavy atom. The number of carbonyl (C=O) groups is 2. The summed E-state index contributed by atoms with van der Waals surface area (Å²) in [5.41, 5.74) is 7.51. The van der Waals surface area contributed by atoms with E-state index in [-0.39, 0.29) is 12.2 Å². The van der Waals surface area contributed by atoms with Crippen molar-refractivity contribution in [1.82, 2.24) is 10.3 Å². The van der Waals surface area contributed by atoms with Gasteiger partial charge in [-0.2, -0.15) is 0 Å². The summed E-state index contributed by atoms with van der Waals surface area (Å²) in [6.07, 6.45) is 1.51. The maximum Gasteiger partial charge on any atom is 0.325 e. The number of hydrogen-bond donors (Lipinski definition) is 3. The van der Waals surface area contributed by atoms with Gasteiger partial charge in [0.25, 0.3) is 0 Å². The van der Waals surface area contributed by atoms with Crippen LogP contribution in [-0.4, -0.2) is 16.9 Å². The van der Waals surface area contributed by atoms with Crippen molar-refractivity contribution in [3.63, 3.8) is 0 Å². The quantitative estimate of drug-likeness (QED) is 0.610. The zero-order valence-electron chi connectivity index (χ0n) is 15.6. The fourth-order valence-electron chi connectivity index (χ4n) is 2.58. The molecule has 2 aromatic carbocycles. The van der Waals surface area contributed by atoms with Gasteiger partial charge < -0.3 is 15.8 Å². The molecule has 0 saturated heterocycles. The number of nitrogens with zero attached hydrogens (tertiary/aromatic N) is 1. The second-order valence-corrected chi connectivity index (χ2v) is 6.30. The Bertz CT molecular complexity index is 1040. The Morgan fingerprint density at radius 3 is 2.55 bits per heavy atom. The van der Waals surface area contributed by atoms with Crippen molar-refractivity contribution in [2.45, 2.75) is 13.3 Å². The van der Waals surface area contributed by atoms with Crippen LogP contribution < -0.4 is 21.1 Å². The predicted molar refractivity (Wildman–Crippen MR) is 107 cm³/mol. The van der Waals surface area contributed by atoms with Gasteiger partial charge in [0.15, 0.2) is 0 Å². The Hall–Kier alpha value is -3.94. The van der Waals surface area contributed by atoms with Gasteiger partial charge in [-0.15, -0.1) is 0 Å². The number of nitrogen functional groups attached to an aromatic ring is 1. The largest absolute Gasteiger partial charge is 0.457 e. The van der Waals surface area contributed by atoms with E-state index in [1.54, 1.807) is 36.5 Å². The number of aryl methyl sites for hydroxylation is 1. The molecule has 1 heterocycles. The third-order valence-electron chi connectivity index (χ3n) is 3.94. The van der Waals surface area contributed by atoms with Crippen LogP contribution in [0.25, 0.3) is 0 Å². The summed E-state index contributed by atoms with van der Waals surface area (Å²) < 4.78 is 18.7. The molecule has 0 spiro atoms. The number of anilines is 2. The van der Waals surface area contributed by atoms with Crippen molar-refractivity contribution < 1.29 is 18.7 Å². The van der Waals surface area contributed by atoms with E-state index >= 15 is 0 Å². The number of benzene rings is 2. The molecule has 0 aliphatic carbocycles. The van der Waals surface area contributed by atoms with Gasteiger partial charge >= 0.3 is 6.03 Å². The number of pyridine rings is 1. The first-order valence-corrected chi connectivity index (χ1v) is 8.74. The van der Waals surface area contributed by atoms with Crippen LogP contribution in [0.1, 0.15) is 11.1 Å². The number of imide groups is 1. The van der Waals surface area contributed by atoms with Crippen molar-refractivity contribution in [3.05, 3.63) is 77.7 Å². The van der Waals surface area contributed by atoms with Crippen molar-refractivity contribution in [3.8, 4) is 11.5 Å². The van der Waals surface area contributed by atoms with E-state index in [0.717, 1.165) is 5.56 Å². The van der Waals surface area contributed by atoms with Crippen LogP contribution in [0.2, 0.25) is 0 Å². The first-order valence-electron chi connectivity index (χ1n) is 8.74. The van der Waals surface area contributed by atoms with E-state index in [1.807, 2.05) is 6.92 Å². The summed E-state index contributed by atoms with van der Waals surface area (Å²) in [6.45, 7) is 1.82. The summed E-state index contributed by atoms with van der Waals surface area (Å²) in [5.74, 6) is 0.600. The highest BCUT2D eigenvalue weighted by molar-refractivity contribution is 6.01. The molecule has 29 heavy (non-hydrogen) atoms. The lowest BCUT2D eigenvalue weighted by atomic mass is 10.1. The lowest BCUT2D eigenvalue weighted by Crippen LogP contribution is -2.35. The number of ether oxygens (including phenoxy) is 1. The monoisotopic (exact) mass is 394 g/mol. The molecule has 0 aliphatic heterocycles. The number of rotatable bonds is 5. The molecule has 0 fully saturated rings. The first-order chi connectivity index (χ1) is 13.9. The lowest BCUT2D eigenvalue weighted by Gasteiger charge is -2.12.